The summed E-state index contributed by atoms with van der Waals surface area (Å²) in [4.78, 5) is 0. The molecule has 1 atom stereocenters. The Bertz CT molecular complexity index is 263. The van der Waals surface area contributed by atoms with Gasteiger partial charge in [0.15, 0.2) is 0 Å². The molecule has 84 valence electrons. The van der Waals surface area contributed by atoms with Crippen molar-refractivity contribution in [2.24, 2.45) is 5.73 Å². The number of hydrogen-bond acceptors (Lipinski definition) is 1. The fraction of sp³-hybridized carbons (Fsp3) is 0.571. The molecular weight excluding hydrogens is 182 g/mol. The second-order valence-electron chi connectivity index (χ2n) is 4.32. The van der Waals surface area contributed by atoms with Crippen molar-refractivity contribution in [2.75, 3.05) is 6.54 Å². The number of hydrogen-bond donors (Lipinski definition) is 1. The van der Waals surface area contributed by atoms with Crippen LogP contribution in [0.2, 0.25) is 0 Å². The average Bonchev–Trinajstić information content (AvgIpc) is 2.27. The van der Waals surface area contributed by atoms with Crippen molar-refractivity contribution < 1.29 is 0 Å². The van der Waals surface area contributed by atoms with Gasteiger partial charge in [-0.2, -0.15) is 0 Å². The second-order valence-corrected chi connectivity index (χ2v) is 4.32. The normalized spacial score (nSPS) is 12.7. The van der Waals surface area contributed by atoms with Crippen LogP contribution in [0.15, 0.2) is 24.3 Å². The quantitative estimate of drug-likeness (QED) is 0.756. The molecule has 1 nitrogen and oxygen atoms in total. The molecule has 0 fully saturated rings. The van der Waals surface area contributed by atoms with Crippen LogP contribution in [-0.4, -0.2) is 6.54 Å². The SMILES string of the molecule is CCCCc1ccc(C(C)CCN)cc1. The van der Waals surface area contributed by atoms with Crippen LogP contribution in [0.3, 0.4) is 0 Å². The zero-order valence-corrected chi connectivity index (χ0v) is 10.00. The van der Waals surface area contributed by atoms with Crippen molar-refractivity contribution in [3.8, 4) is 0 Å². The van der Waals surface area contributed by atoms with Crippen LogP contribution < -0.4 is 5.73 Å². The monoisotopic (exact) mass is 205 g/mol. The number of benzene rings is 1. The largest absolute Gasteiger partial charge is 0.330 e. The number of nitrogens with two attached hydrogens (primary N) is 1. The molecule has 1 heteroatoms. The van der Waals surface area contributed by atoms with E-state index in [4.69, 9.17) is 5.73 Å². The van der Waals surface area contributed by atoms with Gasteiger partial charge in [0.2, 0.25) is 0 Å². The van der Waals surface area contributed by atoms with Gasteiger partial charge < -0.3 is 5.73 Å². The predicted octanol–water partition coefficient (Wildman–Crippen LogP) is 3.48. The number of unbranched alkanes of at least 4 members (excludes halogenated alkanes) is 1. The van der Waals surface area contributed by atoms with Gasteiger partial charge in [-0.1, -0.05) is 44.5 Å². The van der Waals surface area contributed by atoms with Gasteiger partial charge in [0.1, 0.15) is 0 Å². The molecule has 0 aliphatic rings. The third-order valence-electron chi connectivity index (χ3n) is 2.97. The van der Waals surface area contributed by atoms with Gasteiger partial charge in [0.05, 0.1) is 0 Å². The van der Waals surface area contributed by atoms with E-state index in [0.29, 0.717) is 5.92 Å². The van der Waals surface area contributed by atoms with Crippen LogP contribution in [0.1, 0.15) is 50.2 Å². The Balaban J connectivity index is 2.55. The van der Waals surface area contributed by atoms with Crippen molar-refractivity contribution in [3.05, 3.63) is 35.4 Å². The van der Waals surface area contributed by atoms with E-state index >= 15 is 0 Å². The lowest BCUT2D eigenvalue weighted by atomic mass is 9.96. The van der Waals surface area contributed by atoms with Crippen LogP contribution >= 0.6 is 0 Å². The molecule has 0 saturated carbocycles. The van der Waals surface area contributed by atoms with E-state index in [0.717, 1.165) is 13.0 Å². The molecule has 1 unspecified atom stereocenters. The van der Waals surface area contributed by atoms with Crippen molar-refractivity contribution in [1.82, 2.24) is 0 Å². The van der Waals surface area contributed by atoms with Crippen LogP contribution in [0.25, 0.3) is 0 Å². The molecule has 0 aliphatic carbocycles. The molecule has 2 N–H and O–H groups in total. The lowest BCUT2D eigenvalue weighted by molar-refractivity contribution is 0.689. The molecule has 0 heterocycles. The van der Waals surface area contributed by atoms with E-state index in [1.807, 2.05) is 0 Å². The van der Waals surface area contributed by atoms with Crippen molar-refractivity contribution in [2.45, 2.75) is 45.4 Å². The lowest BCUT2D eigenvalue weighted by Crippen LogP contribution is -2.04. The Morgan fingerprint density at radius 2 is 1.87 bits per heavy atom. The summed E-state index contributed by atoms with van der Waals surface area (Å²) in [5.41, 5.74) is 8.44. The molecule has 1 aromatic rings. The van der Waals surface area contributed by atoms with Gasteiger partial charge >= 0.3 is 0 Å². The molecule has 15 heavy (non-hydrogen) atoms. The van der Waals surface area contributed by atoms with E-state index in [-0.39, 0.29) is 0 Å². The highest BCUT2D eigenvalue weighted by Crippen LogP contribution is 2.19. The first-order valence-electron chi connectivity index (χ1n) is 6.06. The van der Waals surface area contributed by atoms with Gasteiger partial charge in [0.25, 0.3) is 0 Å². The van der Waals surface area contributed by atoms with Crippen LogP contribution in [0, 0.1) is 0 Å². The summed E-state index contributed by atoms with van der Waals surface area (Å²) < 4.78 is 0. The molecule has 1 rings (SSSR count). The Labute approximate surface area is 93.7 Å². The van der Waals surface area contributed by atoms with Gasteiger partial charge in [-0.15, -0.1) is 0 Å². The smallest absolute Gasteiger partial charge is 0.00715 e. The predicted molar refractivity (Wildman–Crippen MR) is 67.1 cm³/mol. The van der Waals surface area contributed by atoms with Gasteiger partial charge in [0, 0.05) is 0 Å². The Morgan fingerprint density at radius 1 is 1.20 bits per heavy atom. The maximum absolute atomic E-state index is 5.56. The summed E-state index contributed by atoms with van der Waals surface area (Å²) in [5, 5.41) is 0. The first-order valence-corrected chi connectivity index (χ1v) is 6.06. The highest BCUT2D eigenvalue weighted by molar-refractivity contribution is 5.25. The topological polar surface area (TPSA) is 26.0 Å². The zero-order valence-electron chi connectivity index (χ0n) is 10.00. The lowest BCUT2D eigenvalue weighted by Gasteiger charge is -2.11. The van der Waals surface area contributed by atoms with Gasteiger partial charge in [-0.05, 0) is 42.9 Å². The summed E-state index contributed by atoms with van der Waals surface area (Å²) in [6.07, 6.45) is 4.85. The summed E-state index contributed by atoms with van der Waals surface area (Å²) in [6.45, 7) is 5.25. The van der Waals surface area contributed by atoms with Crippen LogP contribution in [-0.2, 0) is 6.42 Å². The maximum Gasteiger partial charge on any atom is -0.00715 e. The fourth-order valence-corrected chi connectivity index (χ4v) is 1.81. The summed E-state index contributed by atoms with van der Waals surface area (Å²) in [6, 6.07) is 9.03. The molecule has 0 radical (unpaired) electrons. The van der Waals surface area contributed by atoms with Gasteiger partial charge in [-0.3, -0.25) is 0 Å². The fourth-order valence-electron chi connectivity index (χ4n) is 1.81. The third-order valence-corrected chi connectivity index (χ3v) is 2.97. The second kappa shape index (κ2) is 6.62. The Kier molecular flexibility index (Phi) is 5.41. The van der Waals surface area contributed by atoms with E-state index in [1.54, 1.807) is 0 Å². The van der Waals surface area contributed by atoms with Gasteiger partial charge in [-0.25, -0.2) is 0 Å². The van der Waals surface area contributed by atoms with Crippen molar-refractivity contribution >= 4 is 0 Å². The average molecular weight is 205 g/mol. The van der Waals surface area contributed by atoms with Crippen LogP contribution in [0.4, 0.5) is 0 Å². The Morgan fingerprint density at radius 3 is 2.40 bits per heavy atom. The molecule has 0 aromatic heterocycles. The van der Waals surface area contributed by atoms with E-state index in [2.05, 4.69) is 38.1 Å². The maximum atomic E-state index is 5.56. The summed E-state index contributed by atoms with van der Waals surface area (Å²) >= 11 is 0. The third kappa shape index (κ3) is 4.05. The minimum atomic E-state index is 0.593. The first kappa shape index (κ1) is 12.3. The molecular formula is C14H23N. The molecule has 0 spiro atoms. The number of aryl methyl sites for hydroxylation is 1. The molecule has 1 aromatic carbocycles. The minimum absolute atomic E-state index is 0.593. The van der Waals surface area contributed by atoms with E-state index in [1.165, 1.54) is 30.4 Å². The summed E-state index contributed by atoms with van der Waals surface area (Å²) in [5.74, 6) is 0.593. The van der Waals surface area contributed by atoms with E-state index < -0.39 is 0 Å². The Hall–Kier alpha value is -0.820. The highest BCUT2D eigenvalue weighted by Gasteiger charge is 2.03. The molecule has 0 saturated heterocycles. The molecule has 0 bridgehead atoms. The first-order chi connectivity index (χ1) is 7.27. The standard InChI is InChI=1S/C14H23N/c1-3-4-5-13-6-8-14(9-7-13)12(2)10-11-15/h6-9,12H,3-5,10-11,15H2,1-2H3. The number of rotatable bonds is 6. The van der Waals surface area contributed by atoms with E-state index in [9.17, 15) is 0 Å². The highest BCUT2D eigenvalue weighted by atomic mass is 14.5. The molecule has 0 aliphatic heterocycles. The zero-order chi connectivity index (χ0) is 11.1. The minimum Gasteiger partial charge on any atom is -0.330 e. The summed E-state index contributed by atoms with van der Waals surface area (Å²) in [7, 11) is 0. The van der Waals surface area contributed by atoms with Crippen LogP contribution in [0.5, 0.6) is 0 Å². The molecule has 0 amide bonds. The van der Waals surface area contributed by atoms with Crippen molar-refractivity contribution in [1.29, 1.82) is 0 Å². The van der Waals surface area contributed by atoms with Crippen molar-refractivity contribution in [3.63, 3.8) is 0 Å².